The van der Waals surface area contributed by atoms with Gasteiger partial charge in [-0.25, -0.2) is 9.59 Å². The third kappa shape index (κ3) is 1.96. The summed E-state index contributed by atoms with van der Waals surface area (Å²) in [5.41, 5.74) is -0.183. The predicted octanol–water partition coefficient (Wildman–Crippen LogP) is 0.213. The van der Waals surface area contributed by atoms with Gasteiger partial charge in [-0.1, -0.05) is 0 Å². The maximum absolute atomic E-state index is 12.3. The van der Waals surface area contributed by atoms with Crippen molar-refractivity contribution in [2.24, 2.45) is 0 Å². The second-order valence-corrected chi connectivity index (χ2v) is 4.89. The number of hydrogen-bond acceptors (Lipinski definition) is 6. The number of benzene rings is 1. The summed E-state index contributed by atoms with van der Waals surface area (Å²) in [5.74, 6) is -4.35. The Bertz CT molecular complexity index is 752. The Morgan fingerprint density at radius 3 is 2.45 bits per heavy atom. The number of aromatic carboxylic acids is 1. The van der Waals surface area contributed by atoms with Crippen LogP contribution in [-0.2, 0) is 14.3 Å². The molecule has 8 nitrogen and oxygen atoms in total. The van der Waals surface area contributed by atoms with Crippen LogP contribution in [0.25, 0.3) is 0 Å². The number of hydrogen-bond donors (Lipinski definition) is 1. The molecule has 0 aromatic heterocycles. The number of fused-ring (bicyclic) bond motifs is 1. The predicted molar refractivity (Wildman–Crippen MR) is 68.0 cm³/mol. The number of carboxylic acid groups (broad SMARTS) is 1. The number of carbonyl (C=O) groups excluding carboxylic acids is 4. The van der Waals surface area contributed by atoms with Crippen LogP contribution in [-0.4, -0.2) is 45.8 Å². The fourth-order valence-corrected chi connectivity index (χ4v) is 2.51. The normalized spacial score (nSPS) is 20.9. The fourth-order valence-electron chi connectivity index (χ4n) is 2.51. The third-order valence-electron chi connectivity index (χ3n) is 3.59. The van der Waals surface area contributed by atoms with Crippen molar-refractivity contribution >= 4 is 29.7 Å². The van der Waals surface area contributed by atoms with Crippen LogP contribution in [0.3, 0.4) is 0 Å². The first-order valence-electron chi connectivity index (χ1n) is 6.40. The van der Waals surface area contributed by atoms with Crippen molar-refractivity contribution in [1.82, 2.24) is 4.90 Å². The van der Waals surface area contributed by atoms with E-state index in [1.807, 2.05) is 0 Å². The summed E-state index contributed by atoms with van der Waals surface area (Å²) in [4.78, 5) is 59.0. The van der Waals surface area contributed by atoms with Gasteiger partial charge in [-0.2, -0.15) is 0 Å². The average molecular weight is 303 g/mol. The van der Waals surface area contributed by atoms with Crippen molar-refractivity contribution in [3.63, 3.8) is 0 Å². The van der Waals surface area contributed by atoms with Crippen LogP contribution in [0.5, 0.6) is 0 Å². The first-order valence-corrected chi connectivity index (χ1v) is 6.40. The Morgan fingerprint density at radius 2 is 1.82 bits per heavy atom. The Balaban J connectivity index is 1.98. The monoisotopic (exact) mass is 303 g/mol. The lowest BCUT2D eigenvalue weighted by atomic mass is 10.1. The molecule has 1 aromatic rings. The van der Waals surface area contributed by atoms with E-state index in [1.54, 1.807) is 0 Å². The van der Waals surface area contributed by atoms with Crippen LogP contribution in [0, 0.1) is 0 Å². The zero-order valence-corrected chi connectivity index (χ0v) is 11.1. The number of nitrogens with zero attached hydrogens (tertiary/aromatic N) is 1. The van der Waals surface area contributed by atoms with Gasteiger partial charge in [-0.05, 0) is 24.6 Å². The second kappa shape index (κ2) is 4.76. The van der Waals surface area contributed by atoms with Gasteiger partial charge < -0.3 is 9.84 Å². The molecule has 0 aliphatic carbocycles. The summed E-state index contributed by atoms with van der Waals surface area (Å²) in [7, 11) is 0. The van der Waals surface area contributed by atoms with Gasteiger partial charge in [0.25, 0.3) is 11.8 Å². The van der Waals surface area contributed by atoms with Crippen molar-refractivity contribution in [2.45, 2.75) is 18.9 Å². The summed E-state index contributed by atoms with van der Waals surface area (Å²) < 4.78 is 4.45. The van der Waals surface area contributed by atoms with E-state index in [-0.39, 0.29) is 29.5 Å². The average Bonchev–Trinajstić information content (AvgIpc) is 2.71. The van der Waals surface area contributed by atoms with Crippen LogP contribution >= 0.6 is 0 Å². The molecule has 1 saturated heterocycles. The smallest absolute Gasteiger partial charge is 0.337 e. The number of ether oxygens (including phenoxy) is 1. The van der Waals surface area contributed by atoms with Gasteiger partial charge in [0.1, 0.15) is 6.04 Å². The van der Waals surface area contributed by atoms with E-state index in [2.05, 4.69) is 4.74 Å². The lowest BCUT2D eigenvalue weighted by Crippen LogP contribution is -2.48. The molecule has 2 heterocycles. The highest BCUT2D eigenvalue weighted by Crippen LogP contribution is 2.29. The number of imide groups is 1. The summed E-state index contributed by atoms with van der Waals surface area (Å²) in [6.45, 7) is 0. The third-order valence-corrected chi connectivity index (χ3v) is 3.59. The highest BCUT2D eigenvalue weighted by molar-refractivity contribution is 6.23. The maximum Gasteiger partial charge on any atom is 0.337 e. The molecule has 0 bridgehead atoms. The maximum atomic E-state index is 12.3. The SMILES string of the molecule is O=C1CCC(N2C(=O)c3ccc(C(=O)O)cc3C2=O)C(=O)O1. The minimum Gasteiger partial charge on any atom is -0.478 e. The molecule has 3 rings (SSSR count). The lowest BCUT2D eigenvalue weighted by Gasteiger charge is -2.26. The molecule has 1 aromatic carbocycles. The van der Waals surface area contributed by atoms with Crippen molar-refractivity contribution in [2.75, 3.05) is 0 Å². The van der Waals surface area contributed by atoms with E-state index in [0.717, 1.165) is 11.0 Å². The molecule has 8 heteroatoms. The van der Waals surface area contributed by atoms with Crippen molar-refractivity contribution < 1.29 is 33.8 Å². The molecular weight excluding hydrogens is 294 g/mol. The van der Waals surface area contributed by atoms with Crippen LogP contribution < -0.4 is 0 Å². The Kier molecular flexibility index (Phi) is 3.01. The van der Waals surface area contributed by atoms with Gasteiger partial charge in [-0.15, -0.1) is 0 Å². The summed E-state index contributed by atoms with van der Waals surface area (Å²) >= 11 is 0. The van der Waals surface area contributed by atoms with Crippen molar-refractivity contribution in [1.29, 1.82) is 0 Å². The molecule has 1 fully saturated rings. The molecule has 2 aliphatic heterocycles. The minimum absolute atomic E-state index is 0.00504. The summed E-state index contributed by atoms with van der Waals surface area (Å²) in [5, 5.41) is 8.93. The standard InChI is InChI=1S/C14H9NO7/c16-10-4-3-9(14(21)22-10)15-11(17)7-2-1-6(13(19)20)5-8(7)12(15)18/h1-2,5,9H,3-4H2,(H,19,20). The Labute approximate surface area is 123 Å². The van der Waals surface area contributed by atoms with Gasteiger partial charge in [0, 0.05) is 6.42 Å². The van der Waals surface area contributed by atoms with E-state index in [1.165, 1.54) is 12.1 Å². The number of esters is 2. The van der Waals surface area contributed by atoms with E-state index in [4.69, 9.17) is 5.11 Å². The zero-order chi connectivity index (χ0) is 16.0. The van der Waals surface area contributed by atoms with E-state index < -0.39 is 35.8 Å². The Hall–Kier alpha value is -3.03. The fraction of sp³-hybridized carbons (Fsp3) is 0.214. The van der Waals surface area contributed by atoms with Crippen LogP contribution in [0.4, 0.5) is 0 Å². The van der Waals surface area contributed by atoms with Crippen LogP contribution in [0.2, 0.25) is 0 Å². The molecule has 0 spiro atoms. The number of cyclic esters (lactones) is 2. The van der Waals surface area contributed by atoms with E-state index >= 15 is 0 Å². The molecule has 1 N–H and O–H groups in total. The minimum atomic E-state index is -1.23. The van der Waals surface area contributed by atoms with Crippen molar-refractivity contribution in [3.8, 4) is 0 Å². The lowest BCUT2D eigenvalue weighted by molar-refractivity contribution is -0.167. The number of rotatable bonds is 2. The molecule has 1 atom stereocenters. The van der Waals surface area contributed by atoms with E-state index in [0.29, 0.717) is 0 Å². The molecule has 2 amide bonds. The molecule has 22 heavy (non-hydrogen) atoms. The molecule has 0 saturated carbocycles. The van der Waals surface area contributed by atoms with Gasteiger partial charge in [-0.3, -0.25) is 19.3 Å². The quantitative estimate of drug-likeness (QED) is 0.471. The van der Waals surface area contributed by atoms with Gasteiger partial charge in [0.2, 0.25) is 0 Å². The number of carboxylic acids is 1. The molecule has 0 radical (unpaired) electrons. The van der Waals surface area contributed by atoms with E-state index in [9.17, 15) is 24.0 Å². The summed E-state index contributed by atoms with van der Waals surface area (Å²) in [6, 6.07) is 2.37. The first kappa shape index (κ1) is 13.9. The van der Waals surface area contributed by atoms with Crippen molar-refractivity contribution in [3.05, 3.63) is 34.9 Å². The molecule has 112 valence electrons. The topological polar surface area (TPSA) is 118 Å². The largest absolute Gasteiger partial charge is 0.478 e. The van der Waals surface area contributed by atoms with Gasteiger partial charge >= 0.3 is 17.9 Å². The summed E-state index contributed by atoms with van der Waals surface area (Å²) in [6.07, 6.45) is -0.0842. The van der Waals surface area contributed by atoms with Gasteiger partial charge in [0.05, 0.1) is 16.7 Å². The molecule has 1 unspecified atom stereocenters. The number of amides is 2. The highest BCUT2D eigenvalue weighted by Gasteiger charge is 2.45. The van der Waals surface area contributed by atoms with Crippen LogP contribution in [0.15, 0.2) is 18.2 Å². The second-order valence-electron chi connectivity index (χ2n) is 4.89. The first-order chi connectivity index (χ1) is 10.4. The Morgan fingerprint density at radius 1 is 1.14 bits per heavy atom. The molecule has 2 aliphatic rings. The number of carbonyl (C=O) groups is 5. The van der Waals surface area contributed by atoms with Gasteiger partial charge in [0.15, 0.2) is 0 Å². The molecular formula is C14H9NO7. The van der Waals surface area contributed by atoms with Crippen LogP contribution in [0.1, 0.15) is 43.9 Å². The zero-order valence-electron chi connectivity index (χ0n) is 11.1. The highest BCUT2D eigenvalue weighted by atomic mass is 16.6.